The summed E-state index contributed by atoms with van der Waals surface area (Å²) in [6.45, 7) is 2.01. The molecule has 0 unspecified atom stereocenters. The van der Waals surface area contributed by atoms with Crippen molar-refractivity contribution in [2.75, 3.05) is 12.4 Å². The van der Waals surface area contributed by atoms with Crippen LogP contribution in [0.25, 0.3) is 0 Å². The fourth-order valence-electron chi connectivity index (χ4n) is 4.17. The first-order valence-corrected chi connectivity index (χ1v) is 11.6. The molecule has 1 saturated carbocycles. The van der Waals surface area contributed by atoms with Crippen molar-refractivity contribution in [3.05, 3.63) is 78.1 Å². The summed E-state index contributed by atoms with van der Waals surface area (Å²) in [6.07, 6.45) is 7.79. The van der Waals surface area contributed by atoms with E-state index in [1.165, 1.54) is 17.3 Å². The van der Waals surface area contributed by atoms with Crippen molar-refractivity contribution in [2.24, 2.45) is 0 Å². The van der Waals surface area contributed by atoms with Crippen LogP contribution in [0.4, 0.5) is 10.5 Å². The minimum Gasteiger partial charge on any atom is -0.325 e. The molecular formula is C25H28N4OS. The molecule has 0 radical (unpaired) electrons. The first kappa shape index (κ1) is 21.4. The molecule has 0 spiro atoms. The van der Waals surface area contributed by atoms with E-state index in [2.05, 4.69) is 51.7 Å². The number of carbonyl (C=O) groups excluding carboxylic acids is 1. The van der Waals surface area contributed by atoms with Gasteiger partial charge in [-0.1, -0.05) is 30.3 Å². The largest absolute Gasteiger partial charge is 0.325 e. The molecule has 1 aliphatic carbocycles. The van der Waals surface area contributed by atoms with Gasteiger partial charge in [0.05, 0.1) is 0 Å². The molecule has 160 valence electrons. The number of benzene rings is 2. The maximum atomic E-state index is 12.9. The van der Waals surface area contributed by atoms with E-state index in [0.717, 1.165) is 41.8 Å². The summed E-state index contributed by atoms with van der Waals surface area (Å²) in [5, 5.41) is 3.80. The quantitative estimate of drug-likeness (QED) is 0.493. The second-order valence-electron chi connectivity index (χ2n) is 8.07. The second kappa shape index (κ2) is 9.96. The third-order valence-corrected chi connectivity index (χ3v) is 6.91. The van der Waals surface area contributed by atoms with Gasteiger partial charge in [-0.2, -0.15) is 0 Å². The number of anilines is 1. The molecule has 31 heavy (non-hydrogen) atoms. The number of carbonyl (C=O) groups is 1. The number of amides is 2. The molecule has 1 heterocycles. The van der Waals surface area contributed by atoms with Gasteiger partial charge in [-0.05, 0) is 85.7 Å². The molecule has 4 rings (SSSR count). The van der Waals surface area contributed by atoms with Crippen LogP contribution in [0, 0.1) is 6.92 Å². The Kier molecular flexibility index (Phi) is 6.87. The summed E-state index contributed by atoms with van der Waals surface area (Å²) < 4.78 is 0. The molecule has 3 aromatic rings. The average Bonchev–Trinajstić information content (AvgIpc) is 2.81. The Bertz CT molecular complexity index is 1000. The molecule has 6 heteroatoms. The average molecular weight is 433 g/mol. The van der Waals surface area contributed by atoms with E-state index in [1.807, 2.05) is 31.0 Å². The first-order chi connectivity index (χ1) is 15.1. The summed E-state index contributed by atoms with van der Waals surface area (Å²) in [4.78, 5) is 24.3. The van der Waals surface area contributed by atoms with Gasteiger partial charge in [-0.15, -0.1) is 0 Å². The lowest BCUT2D eigenvalue weighted by Gasteiger charge is -2.35. The summed E-state index contributed by atoms with van der Waals surface area (Å²) in [5.74, 6) is 0.606. The highest BCUT2D eigenvalue weighted by molar-refractivity contribution is 7.99. The van der Waals surface area contributed by atoms with Gasteiger partial charge in [0.1, 0.15) is 0 Å². The predicted molar refractivity (Wildman–Crippen MR) is 126 cm³/mol. The van der Waals surface area contributed by atoms with Gasteiger partial charge in [-0.25, -0.2) is 14.8 Å². The summed E-state index contributed by atoms with van der Waals surface area (Å²) in [7, 11) is 1.91. The Hall–Kier alpha value is -2.86. The molecule has 0 aliphatic heterocycles. The van der Waals surface area contributed by atoms with Crippen LogP contribution >= 0.6 is 11.8 Å². The zero-order valence-corrected chi connectivity index (χ0v) is 18.8. The first-order valence-electron chi connectivity index (χ1n) is 10.7. The second-order valence-corrected chi connectivity index (χ2v) is 9.11. The number of hydrogen-bond donors (Lipinski definition) is 1. The molecule has 0 atom stereocenters. The normalized spacial score (nSPS) is 18.4. The van der Waals surface area contributed by atoms with Crippen LogP contribution in [-0.4, -0.2) is 34.0 Å². The SMILES string of the molecule is Cc1cc(Sc2ncccn2)ccc1NC(=O)N(C)C1CCC(c2ccccc2)CC1. The van der Waals surface area contributed by atoms with Crippen LogP contribution in [0.5, 0.6) is 0 Å². The number of urea groups is 1. The monoisotopic (exact) mass is 432 g/mol. The highest BCUT2D eigenvalue weighted by atomic mass is 32.2. The number of aromatic nitrogens is 2. The molecule has 1 aromatic heterocycles. The van der Waals surface area contributed by atoms with Gasteiger partial charge < -0.3 is 10.2 Å². The fourth-order valence-corrected chi connectivity index (χ4v) is 4.98. The van der Waals surface area contributed by atoms with Crippen LogP contribution in [-0.2, 0) is 0 Å². The standard InChI is InChI=1S/C25H28N4OS/c1-18-17-22(31-24-26-15-6-16-27-24)13-14-23(18)28-25(30)29(2)21-11-9-20(10-12-21)19-7-4-3-5-8-19/h3-8,13-17,20-21H,9-12H2,1-2H3,(H,28,30). The van der Waals surface area contributed by atoms with Crippen molar-refractivity contribution in [1.82, 2.24) is 14.9 Å². The number of nitrogens with one attached hydrogen (secondary N) is 1. The molecule has 2 amide bonds. The maximum absolute atomic E-state index is 12.9. The molecule has 1 N–H and O–H groups in total. The van der Waals surface area contributed by atoms with Crippen molar-refractivity contribution >= 4 is 23.5 Å². The molecule has 1 aliphatic rings. The van der Waals surface area contributed by atoms with Crippen molar-refractivity contribution in [2.45, 2.75) is 54.6 Å². The number of hydrogen-bond acceptors (Lipinski definition) is 4. The molecule has 0 saturated heterocycles. The molecule has 5 nitrogen and oxygen atoms in total. The van der Waals surface area contributed by atoms with Crippen molar-refractivity contribution in [3.63, 3.8) is 0 Å². The predicted octanol–water partition coefficient (Wildman–Crippen LogP) is 6.13. The number of nitrogens with zero attached hydrogens (tertiary/aromatic N) is 3. The van der Waals surface area contributed by atoms with Crippen molar-refractivity contribution in [1.29, 1.82) is 0 Å². The van der Waals surface area contributed by atoms with E-state index in [9.17, 15) is 4.79 Å². The lowest BCUT2D eigenvalue weighted by atomic mass is 9.81. The molecule has 1 fully saturated rings. The third-order valence-electron chi connectivity index (χ3n) is 6.03. The van der Waals surface area contributed by atoms with E-state index in [0.29, 0.717) is 11.1 Å². The van der Waals surface area contributed by atoms with Crippen LogP contribution in [0.1, 0.15) is 42.7 Å². The zero-order valence-electron chi connectivity index (χ0n) is 18.0. The Morgan fingerprint density at radius 1 is 1.00 bits per heavy atom. The zero-order chi connectivity index (χ0) is 21.6. The van der Waals surface area contributed by atoms with Gasteiger partial charge in [0.15, 0.2) is 5.16 Å². The van der Waals surface area contributed by atoms with Crippen LogP contribution in [0.2, 0.25) is 0 Å². The van der Waals surface area contributed by atoms with E-state index >= 15 is 0 Å². The lowest BCUT2D eigenvalue weighted by Crippen LogP contribution is -2.41. The number of rotatable bonds is 5. The van der Waals surface area contributed by atoms with Gasteiger partial charge in [0, 0.05) is 36.1 Å². The van der Waals surface area contributed by atoms with E-state index < -0.39 is 0 Å². The maximum Gasteiger partial charge on any atom is 0.321 e. The minimum atomic E-state index is -0.0435. The van der Waals surface area contributed by atoms with E-state index in [-0.39, 0.29) is 12.1 Å². The summed E-state index contributed by atoms with van der Waals surface area (Å²) in [5.41, 5.74) is 3.28. The summed E-state index contributed by atoms with van der Waals surface area (Å²) >= 11 is 1.51. The Morgan fingerprint density at radius 3 is 2.39 bits per heavy atom. The smallest absolute Gasteiger partial charge is 0.321 e. The van der Waals surface area contributed by atoms with Gasteiger partial charge in [0.2, 0.25) is 0 Å². The van der Waals surface area contributed by atoms with Crippen LogP contribution in [0.15, 0.2) is 77.0 Å². The lowest BCUT2D eigenvalue weighted by molar-refractivity contribution is 0.181. The third kappa shape index (κ3) is 5.44. The minimum absolute atomic E-state index is 0.0435. The Morgan fingerprint density at radius 2 is 1.71 bits per heavy atom. The summed E-state index contributed by atoms with van der Waals surface area (Å²) in [6, 6.07) is 18.8. The van der Waals surface area contributed by atoms with E-state index in [4.69, 9.17) is 0 Å². The van der Waals surface area contributed by atoms with Crippen molar-refractivity contribution in [3.8, 4) is 0 Å². The van der Waals surface area contributed by atoms with Crippen molar-refractivity contribution < 1.29 is 4.79 Å². The highest BCUT2D eigenvalue weighted by Gasteiger charge is 2.27. The highest BCUT2D eigenvalue weighted by Crippen LogP contribution is 2.34. The topological polar surface area (TPSA) is 58.1 Å². The van der Waals surface area contributed by atoms with Crippen LogP contribution < -0.4 is 5.32 Å². The molecule has 0 bridgehead atoms. The van der Waals surface area contributed by atoms with Gasteiger partial charge >= 0.3 is 6.03 Å². The van der Waals surface area contributed by atoms with Gasteiger partial charge in [-0.3, -0.25) is 0 Å². The fraction of sp³-hybridized carbons (Fsp3) is 0.320. The van der Waals surface area contributed by atoms with Crippen LogP contribution in [0.3, 0.4) is 0 Å². The van der Waals surface area contributed by atoms with E-state index in [1.54, 1.807) is 18.5 Å². The Balaban J connectivity index is 1.32. The number of aryl methyl sites for hydroxylation is 1. The molecule has 2 aromatic carbocycles. The Labute approximate surface area is 188 Å². The molecular weight excluding hydrogens is 404 g/mol. The van der Waals surface area contributed by atoms with Gasteiger partial charge in [0.25, 0.3) is 0 Å².